The maximum absolute atomic E-state index is 13.5. The summed E-state index contributed by atoms with van der Waals surface area (Å²) in [6.45, 7) is 0.861. The molecule has 7 heteroatoms. The Bertz CT molecular complexity index is 541. The van der Waals surface area contributed by atoms with Crippen LogP contribution in [0.25, 0.3) is 0 Å². The first kappa shape index (κ1) is 14.2. The lowest BCUT2D eigenvalue weighted by atomic mass is 10.2. The molecule has 1 atom stereocenters. The van der Waals surface area contributed by atoms with Gasteiger partial charge in [-0.05, 0) is 31.0 Å². The zero-order chi connectivity index (χ0) is 13.9. The Labute approximate surface area is 111 Å². The molecule has 1 heterocycles. The molecule has 1 aromatic carbocycles. The molecule has 0 amide bonds. The molecule has 1 fully saturated rings. The number of rotatable bonds is 5. The van der Waals surface area contributed by atoms with Gasteiger partial charge in [0, 0.05) is 13.2 Å². The molecule has 0 aromatic heterocycles. The fourth-order valence-corrected chi connectivity index (χ4v) is 2.98. The largest absolute Gasteiger partial charge is 0.494 e. The fourth-order valence-electron chi connectivity index (χ4n) is 1.91. The molecule has 0 bridgehead atoms. The Morgan fingerprint density at radius 3 is 2.89 bits per heavy atom. The SMILES string of the molecule is COc1ccc(S(=O)(=O)NC[C@H]2CCCO2)cc1F. The van der Waals surface area contributed by atoms with E-state index in [-0.39, 0.29) is 23.3 Å². The second-order valence-electron chi connectivity index (χ2n) is 4.28. The van der Waals surface area contributed by atoms with Crippen LogP contribution in [-0.2, 0) is 14.8 Å². The van der Waals surface area contributed by atoms with Crippen molar-refractivity contribution in [2.24, 2.45) is 0 Å². The number of hydrogen-bond donors (Lipinski definition) is 1. The zero-order valence-corrected chi connectivity index (χ0v) is 11.4. The van der Waals surface area contributed by atoms with Gasteiger partial charge >= 0.3 is 0 Å². The summed E-state index contributed by atoms with van der Waals surface area (Å²) in [4.78, 5) is -0.121. The van der Waals surface area contributed by atoms with E-state index in [1.807, 2.05) is 0 Å². The van der Waals surface area contributed by atoms with E-state index in [9.17, 15) is 12.8 Å². The highest BCUT2D eigenvalue weighted by molar-refractivity contribution is 7.89. The van der Waals surface area contributed by atoms with E-state index in [4.69, 9.17) is 9.47 Å². The molecule has 5 nitrogen and oxygen atoms in total. The number of ether oxygens (including phenoxy) is 2. The highest BCUT2D eigenvalue weighted by Gasteiger charge is 2.21. The molecule has 0 saturated carbocycles. The zero-order valence-electron chi connectivity index (χ0n) is 10.6. The van der Waals surface area contributed by atoms with Gasteiger partial charge in [0.25, 0.3) is 0 Å². The summed E-state index contributed by atoms with van der Waals surface area (Å²) >= 11 is 0. The molecule has 1 aliphatic rings. The predicted octanol–water partition coefficient (Wildman–Crippen LogP) is 1.29. The topological polar surface area (TPSA) is 64.6 Å². The van der Waals surface area contributed by atoms with Gasteiger partial charge in [-0.3, -0.25) is 0 Å². The summed E-state index contributed by atoms with van der Waals surface area (Å²) < 4.78 is 49.9. The highest BCUT2D eigenvalue weighted by atomic mass is 32.2. The number of hydrogen-bond acceptors (Lipinski definition) is 4. The number of methoxy groups -OCH3 is 1. The van der Waals surface area contributed by atoms with Crippen molar-refractivity contribution >= 4 is 10.0 Å². The van der Waals surface area contributed by atoms with Gasteiger partial charge in [-0.25, -0.2) is 17.5 Å². The quantitative estimate of drug-likeness (QED) is 0.887. The lowest BCUT2D eigenvalue weighted by Crippen LogP contribution is -2.31. The van der Waals surface area contributed by atoms with Crippen LogP contribution in [0, 0.1) is 5.82 Å². The molecule has 0 aliphatic carbocycles. The predicted molar refractivity (Wildman–Crippen MR) is 67.1 cm³/mol. The molecule has 1 aromatic rings. The maximum Gasteiger partial charge on any atom is 0.240 e. The van der Waals surface area contributed by atoms with Crippen LogP contribution >= 0.6 is 0 Å². The first-order valence-electron chi connectivity index (χ1n) is 5.98. The molecular weight excluding hydrogens is 273 g/mol. The van der Waals surface area contributed by atoms with Gasteiger partial charge in [0.05, 0.1) is 18.1 Å². The minimum absolute atomic E-state index is 0.0121. The van der Waals surface area contributed by atoms with Crippen LogP contribution in [0.15, 0.2) is 23.1 Å². The van der Waals surface area contributed by atoms with Gasteiger partial charge in [0.15, 0.2) is 11.6 Å². The summed E-state index contributed by atoms with van der Waals surface area (Å²) in [5, 5.41) is 0. The monoisotopic (exact) mass is 289 g/mol. The van der Waals surface area contributed by atoms with Crippen molar-refractivity contribution in [3.05, 3.63) is 24.0 Å². The van der Waals surface area contributed by atoms with Crippen LogP contribution in [0.3, 0.4) is 0 Å². The van der Waals surface area contributed by atoms with Gasteiger partial charge in [0.1, 0.15) is 0 Å². The maximum atomic E-state index is 13.5. The number of benzene rings is 1. The van der Waals surface area contributed by atoms with Gasteiger partial charge in [-0.1, -0.05) is 0 Å². The Kier molecular flexibility index (Phi) is 4.38. The minimum Gasteiger partial charge on any atom is -0.494 e. The van der Waals surface area contributed by atoms with Gasteiger partial charge in [0.2, 0.25) is 10.0 Å². The number of nitrogens with one attached hydrogen (secondary N) is 1. The van der Waals surface area contributed by atoms with E-state index in [2.05, 4.69) is 4.72 Å². The van der Waals surface area contributed by atoms with E-state index in [1.165, 1.54) is 19.2 Å². The van der Waals surface area contributed by atoms with E-state index < -0.39 is 15.8 Å². The van der Waals surface area contributed by atoms with E-state index >= 15 is 0 Å². The van der Waals surface area contributed by atoms with Crippen LogP contribution in [0.2, 0.25) is 0 Å². The third kappa shape index (κ3) is 3.43. The lowest BCUT2D eigenvalue weighted by molar-refractivity contribution is 0.114. The molecule has 1 aliphatic heterocycles. The third-order valence-corrected chi connectivity index (χ3v) is 4.38. The van der Waals surface area contributed by atoms with Crippen molar-refractivity contribution in [3.8, 4) is 5.75 Å². The molecule has 1 saturated heterocycles. The fraction of sp³-hybridized carbons (Fsp3) is 0.500. The Hall–Kier alpha value is -1.18. The average Bonchev–Trinajstić information content (AvgIpc) is 2.89. The molecule has 0 spiro atoms. The minimum atomic E-state index is -3.72. The van der Waals surface area contributed by atoms with Crippen LogP contribution in [0.1, 0.15) is 12.8 Å². The van der Waals surface area contributed by atoms with Crippen LogP contribution < -0.4 is 9.46 Å². The first-order valence-corrected chi connectivity index (χ1v) is 7.46. The van der Waals surface area contributed by atoms with Crippen LogP contribution in [-0.4, -0.2) is 34.8 Å². The molecule has 2 rings (SSSR count). The summed E-state index contributed by atoms with van der Waals surface area (Å²) in [6, 6.07) is 3.53. The molecule has 0 unspecified atom stereocenters. The first-order chi connectivity index (χ1) is 9.03. The molecule has 0 radical (unpaired) electrons. The molecule has 19 heavy (non-hydrogen) atoms. The van der Waals surface area contributed by atoms with Crippen molar-refractivity contribution in [2.75, 3.05) is 20.3 Å². The number of halogens is 1. The summed E-state index contributed by atoms with van der Waals surface area (Å²) in [7, 11) is -2.40. The third-order valence-electron chi connectivity index (χ3n) is 2.96. The highest BCUT2D eigenvalue weighted by Crippen LogP contribution is 2.20. The molecule has 106 valence electrons. The Morgan fingerprint density at radius 2 is 2.32 bits per heavy atom. The normalized spacial score (nSPS) is 19.6. The van der Waals surface area contributed by atoms with Crippen LogP contribution in [0.4, 0.5) is 4.39 Å². The van der Waals surface area contributed by atoms with Crippen molar-refractivity contribution < 1.29 is 22.3 Å². The second kappa shape index (κ2) is 5.85. The van der Waals surface area contributed by atoms with Crippen molar-refractivity contribution in [2.45, 2.75) is 23.8 Å². The molecular formula is C12H16FNO4S. The second-order valence-corrected chi connectivity index (χ2v) is 6.05. The Morgan fingerprint density at radius 1 is 1.53 bits per heavy atom. The molecule has 1 N–H and O–H groups in total. The van der Waals surface area contributed by atoms with Crippen molar-refractivity contribution in [1.82, 2.24) is 4.72 Å². The van der Waals surface area contributed by atoms with E-state index in [0.717, 1.165) is 18.9 Å². The standard InChI is InChI=1S/C12H16FNO4S/c1-17-12-5-4-10(7-11(12)13)19(15,16)14-8-9-3-2-6-18-9/h4-5,7,9,14H,2-3,6,8H2,1H3/t9-/m1/s1. The average molecular weight is 289 g/mol. The summed E-state index contributed by atoms with van der Waals surface area (Å²) in [6.07, 6.45) is 1.67. The van der Waals surface area contributed by atoms with E-state index in [0.29, 0.717) is 6.61 Å². The van der Waals surface area contributed by atoms with Crippen molar-refractivity contribution in [3.63, 3.8) is 0 Å². The summed E-state index contributed by atoms with van der Waals surface area (Å²) in [5.74, 6) is -0.694. The number of sulfonamides is 1. The Balaban J connectivity index is 2.08. The summed E-state index contributed by atoms with van der Waals surface area (Å²) in [5.41, 5.74) is 0. The lowest BCUT2D eigenvalue weighted by Gasteiger charge is -2.12. The van der Waals surface area contributed by atoms with E-state index in [1.54, 1.807) is 0 Å². The van der Waals surface area contributed by atoms with Crippen LogP contribution in [0.5, 0.6) is 5.75 Å². The van der Waals surface area contributed by atoms with Gasteiger partial charge in [-0.2, -0.15) is 0 Å². The van der Waals surface area contributed by atoms with Gasteiger partial charge < -0.3 is 9.47 Å². The smallest absolute Gasteiger partial charge is 0.240 e. The van der Waals surface area contributed by atoms with Crippen molar-refractivity contribution in [1.29, 1.82) is 0 Å². The van der Waals surface area contributed by atoms with Gasteiger partial charge in [-0.15, -0.1) is 0 Å².